The van der Waals surface area contributed by atoms with Crippen LogP contribution in [0.15, 0.2) is 72.9 Å². The topological polar surface area (TPSA) is 285 Å². The zero-order valence-electron chi connectivity index (χ0n) is 36.3. The predicted octanol–water partition coefficient (Wildman–Crippen LogP) is 0.0461. The molecule has 65 heavy (non-hydrogen) atoms. The highest BCUT2D eigenvalue weighted by molar-refractivity contribution is 6.14. The number of rotatable bonds is 22. The smallest absolute Gasteiger partial charge is 0.254 e. The lowest BCUT2D eigenvalue weighted by Crippen LogP contribution is -2.55. The number of benzene rings is 2. The first kappa shape index (κ1) is 50.4. The zero-order valence-corrected chi connectivity index (χ0v) is 36.3. The Balaban J connectivity index is 1.45. The monoisotopic (exact) mass is 905 g/mol. The molecule has 21 heteroatoms. The van der Waals surface area contributed by atoms with E-state index in [0.717, 1.165) is 35.9 Å². The lowest BCUT2D eigenvalue weighted by molar-refractivity contribution is -0.141. The number of aliphatic hydroxyl groups is 1. The van der Waals surface area contributed by atoms with E-state index in [-0.39, 0.29) is 25.1 Å². The lowest BCUT2D eigenvalue weighted by atomic mass is 9.83. The van der Waals surface area contributed by atoms with Crippen molar-refractivity contribution in [1.29, 1.82) is 0 Å². The van der Waals surface area contributed by atoms with Crippen LogP contribution in [0.25, 0.3) is 11.1 Å². The SMILES string of the molecule is C[C@H](NC(=O)CN1C(=O)C=CC1=O)C(=O)N[C@H](CC(=O)N[C@@H](CC(N)=O)C(=O)NCCCN(C(=O)CO)[C@@H](c1cc(-c2cc(F)ccc2F)cn1Cc1ccccc1)C(C)(C)C)C(N)=O. The number of carbonyl (C=O) groups excluding carboxylic acids is 9. The van der Waals surface area contributed by atoms with E-state index < -0.39 is 120 Å². The molecule has 0 fully saturated rings. The molecule has 3 aromatic rings. The average molecular weight is 906 g/mol. The van der Waals surface area contributed by atoms with Gasteiger partial charge in [-0.2, -0.15) is 0 Å². The molecule has 1 aliphatic rings. The maximum Gasteiger partial charge on any atom is 0.254 e. The normalized spacial score (nSPS) is 14.2. The van der Waals surface area contributed by atoms with Crippen LogP contribution in [0.2, 0.25) is 0 Å². The maximum atomic E-state index is 15.1. The predicted molar refractivity (Wildman–Crippen MR) is 229 cm³/mol. The summed E-state index contributed by atoms with van der Waals surface area (Å²) in [6.45, 7) is 5.39. The summed E-state index contributed by atoms with van der Waals surface area (Å²) in [6, 6.07) is 8.77. The van der Waals surface area contributed by atoms with Gasteiger partial charge in [-0.1, -0.05) is 51.1 Å². The van der Waals surface area contributed by atoms with Crippen molar-refractivity contribution in [3.63, 3.8) is 0 Å². The molecule has 9 amide bonds. The Kier molecular flexibility index (Phi) is 17.3. The highest BCUT2D eigenvalue weighted by Gasteiger charge is 2.37. The van der Waals surface area contributed by atoms with Crippen LogP contribution in [0.1, 0.15) is 64.3 Å². The van der Waals surface area contributed by atoms with Gasteiger partial charge in [-0.15, -0.1) is 0 Å². The van der Waals surface area contributed by atoms with Crippen molar-refractivity contribution in [1.82, 2.24) is 35.6 Å². The highest BCUT2D eigenvalue weighted by Crippen LogP contribution is 2.41. The van der Waals surface area contributed by atoms with Gasteiger partial charge in [0, 0.05) is 54.8 Å². The summed E-state index contributed by atoms with van der Waals surface area (Å²) in [5.41, 5.74) is 11.8. The Morgan fingerprint density at radius 1 is 0.831 bits per heavy atom. The number of halogens is 2. The van der Waals surface area contributed by atoms with E-state index in [1.165, 1.54) is 11.8 Å². The minimum Gasteiger partial charge on any atom is -0.387 e. The summed E-state index contributed by atoms with van der Waals surface area (Å²) in [5, 5.41) is 19.5. The summed E-state index contributed by atoms with van der Waals surface area (Å²) < 4.78 is 31.3. The molecular weight excluding hydrogens is 853 g/mol. The second kappa shape index (κ2) is 22.4. The van der Waals surface area contributed by atoms with Gasteiger partial charge in [0.15, 0.2) is 0 Å². The van der Waals surface area contributed by atoms with E-state index >= 15 is 4.39 Å². The molecule has 0 bridgehead atoms. The Bertz CT molecular complexity index is 2310. The minimum atomic E-state index is -1.66. The standard InChI is InChI=1S/C44H53F2N9O10/c1-25(50-36(59)23-55-37(60)13-14-38(55)61)42(64)52-31(41(48)63)20-35(58)51-32(19-34(47)57)43(65)49-15-8-16-54(39(62)24-56)40(44(2,3)4)33-17-27(29-18-28(45)11-12-30(29)46)22-53(33)21-26-9-6-5-7-10-26/h5-7,9-14,17-18,22,25,31-32,40,56H,8,15-16,19-21,23-24H2,1-4H3,(H2,47,57)(H2,48,63)(H,49,65)(H,50,59)(H,51,58)(H,52,64)/t25-,31+,32-,40-/m0/s1. The molecule has 0 saturated heterocycles. The maximum absolute atomic E-state index is 15.1. The molecule has 2 aromatic carbocycles. The van der Waals surface area contributed by atoms with Crippen LogP contribution in [-0.2, 0) is 49.7 Å². The lowest BCUT2D eigenvalue weighted by Gasteiger charge is -2.41. The first-order chi connectivity index (χ1) is 30.6. The fourth-order valence-corrected chi connectivity index (χ4v) is 7.14. The molecular formula is C44H53F2N9O10. The minimum absolute atomic E-state index is 0.00314. The third kappa shape index (κ3) is 14.1. The Morgan fingerprint density at radius 2 is 1.49 bits per heavy atom. The van der Waals surface area contributed by atoms with Crippen molar-refractivity contribution in [3.8, 4) is 11.1 Å². The van der Waals surface area contributed by atoms with Gasteiger partial charge in [0.2, 0.25) is 41.4 Å². The number of nitrogens with two attached hydrogens (primary N) is 2. The van der Waals surface area contributed by atoms with Crippen LogP contribution in [0.4, 0.5) is 8.78 Å². The highest BCUT2D eigenvalue weighted by atomic mass is 19.1. The van der Waals surface area contributed by atoms with Gasteiger partial charge in [0.05, 0.1) is 18.9 Å². The zero-order chi connectivity index (χ0) is 48.2. The Morgan fingerprint density at radius 3 is 2.09 bits per heavy atom. The van der Waals surface area contributed by atoms with Crippen LogP contribution in [0, 0.1) is 17.0 Å². The van der Waals surface area contributed by atoms with Crippen molar-refractivity contribution in [2.45, 2.75) is 77.7 Å². The van der Waals surface area contributed by atoms with Gasteiger partial charge < -0.3 is 47.3 Å². The van der Waals surface area contributed by atoms with E-state index in [0.29, 0.717) is 22.7 Å². The first-order valence-electron chi connectivity index (χ1n) is 20.5. The molecule has 0 unspecified atom stereocenters. The number of carbonyl (C=O) groups is 9. The summed E-state index contributed by atoms with van der Waals surface area (Å²) in [5.74, 6) is -9.29. The van der Waals surface area contributed by atoms with Crippen LogP contribution >= 0.6 is 0 Å². The van der Waals surface area contributed by atoms with Crippen molar-refractivity contribution >= 4 is 53.2 Å². The largest absolute Gasteiger partial charge is 0.387 e. The number of nitrogens with zero attached hydrogens (tertiary/aromatic N) is 3. The second-order valence-electron chi connectivity index (χ2n) is 16.4. The van der Waals surface area contributed by atoms with Gasteiger partial charge >= 0.3 is 0 Å². The fourth-order valence-electron chi connectivity index (χ4n) is 7.14. The number of aromatic nitrogens is 1. The number of hydrogen-bond acceptors (Lipinski definition) is 10. The van der Waals surface area contributed by atoms with Gasteiger partial charge in [-0.05, 0) is 48.6 Å². The van der Waals surface area contributed by atoms with E-state index in [1.807, 2.05) is 55.7 Å². The van der Waals surface area contributed by atoms with E-state index in [9.17, 15) is 52.6 Å². The number of primary amides is 2. The van der Waals surface area contributed by atoms with Crippen molar-refractivity contribution in [3.05, 3.63) is 95.8 Å². The molecule has 19 nitrogen and oxygen atoms in total. The quantitative estimate of drug-likeness (QED) is 0.0525. The van der Waals surface area contributed by atoms with Gasteiger partial charge in [0.1, 0.15) is 42.9 Å². The van der Waals surface area contributed by atoms with Crippen molar-refractivity contribution in [2.24, 2.45) is 16.9 Å². The van der Waals surface area contributed by atoms with Crippen molar-refractivity contribution in [2.75, 3.05) is 26.2 Å². The molecule has 9 N–H and O–H groups in total. The van der Waals surface area contributed by atoms with E-state index in [2.05, 4.69) is 21.3 Å². The van der Waals surface area contributed by atoms with E-state index in [1.54, 1.807) is 12.3 Å². The molecule has 4 rings (SSSR count). The number of nitrogens with one attached hydrogen (secondary N) is 4. The fraction of sp³-hybridized carbons (Fsp3) is 0.386. The molecule has 0 aliphatic carbocycles. The number of amides is 9. The number of hydrogen-bond donors (Lipinski definition) is 7. The molecule has 0 saturated carbocycles. The molecule has 2 heterocycles. The van der Waals surface area contributed by atoms with Crippen LogP contribution in [0.5, 0.6) is 0 Å². The van der Waals surface area contributed by atoms with E-state index in [4.69, 9.17) is 11.5 Å². The van der Waals surface area contributed by atoms with Gasteiger partial charge in [0.25, 0.3) is 11.8 Å². The Hall–Kier alpha value is -7.29. The van der Waals surface area contributed by atoms with Crippen molar-refractivity contribution < 1.29 is 57.0 Å². The van der Waals surface area contributed by atoms with Gasteiger partial charge in [-0.3, -0.25) is 48.1 Å². The molecule has 1 aliphatic heterocycles. The van der Waals surface area contributed by atoms with Gasteiger partial charge in [-0.25, -0.2) is 8.78 Å². The third-order valence-corrected chi connectivity index (χ3v) is 10.2. The molecule has 4 atom stereocenters. The number of aliphatic hydroxyl groups excluding tert-OH is 1. The Labute approximate surface area is 372 Å². The van der Waals surface area contributed by atoms with Crippen LogP contribution in [0.3, 0.4) is 0 Å². The molecule has 0 spiro atoms. The molecule has 348 valence electrons. The average Bonchev–Trinajstić information content (AvgIpc) is 3.78. The summed E-state index contributed by atoms with van der Waals surface area (Å²) in [7, 11) is 0. The molecule has 1 aromatic heterocycles. The molecule has 0 radical (unpaired) electrons. The van der Waals surface area contributed by atoms with Crippen LogP contribution < -0.4 is 32.7 Å². The summed E-state index contributed by atoms with van der Waals surface area (Å²) >= 11 is 0. The first-order valence-corrected chi connectivity index (χ1v) is 20.5. The second-order valence-corrected chi connectivity index (χ2v) is 16.4. The summed E-state index contributed by atoms with van der Waals surface area (Å²) in [6.07, 6.45) is 2.20. The summed E-state index contributed by atoms with van der Waals surface area (Å²) in [4.78, 5) is 115. The third-order valence-electron chi connectivity index (χ3n) is 10.2. The number of imide groups is 1. The van der Waals surface area contributed by atoms with Crippen LogP contribution in [-0.4, -0.2) is 117 Å².